The largest absolute Gasteiger partial charge is 0.379 e. The number of halogens is 1. The monoisotopic (exact) mass is 466 g/mol. The molecule has 0 aromatic rings. The van der Waals surface area contributed by atoms with Crippen molar-refractivity contribution in [3.63, 3.8) is 0 Å². The number of ether oxygens (including phenoxy) is 1. The second kappa shape index (κ2) is 12.3. The van der Waals surface area contributed by atoms with Gasteiger partial charge in [-0.05, 0) is 50.0 Å². The normalized spacial score (nSPS) is 24.7. The zero-order chi connectivity index (χ0) is 17.4. The molecule has 148 valence electrons. The number of nitrogens with one attached hydrogen (secondary N) is 1. The first-order chi connectivity index (χ1) is 11.6. The van der Waals surface area contributed by atoms with E-state index in [9.17, 15) is 0 Å². The third-order valence-electron chi connectivity index (χ3n) is 5.07. The van der Waals surface area contributed by atoms with Gasteiger partial charge in [-0.2, -0.15) is 0 Å². The van der Waals surface area contributed by atoms with Crippen molar-refractivity contribution in [2.45, 2.75) is 39.5 Å². The molecule has 2 fully saturated rings. The first kappa shape index (κ1) is 23.0. The van der Waals surface area contributed by atoms with Crippen molar-refractivity contribution in [3.8, 4) is 0 Å². The van der Waals surface area contributed by atoms with Crippen molar-refractivity contribution >= 4 is 29.9 Å². The molecule has 2 unspecified atom stereocenters. The van der Waals surface area contributed by atoms with Crippen molar-refractivity contribution < 1.29 is 4.74 Å². The first-order valence-corrected chi connectivity index (χ1v) is 9.80. The summed E-state index contributed by atoms with van der Waals surface area (Å²) >= 11 is 0. The molecule has 0 amide bonds. The average molecular weight is 466 g/mol. The van der Waals surface area contributed by atoms with E-state index >= 15 is 0 Å². The Morgan fingerprint density at radius 3 is 2.52 bits per heavy atom. The lowest BCUT2D eigenvalue weighted by Gasteiger charge is -2.35. The fourth-order valence-corrected chi connectivity index (χ4v) is 3.70. The molecule has 0 aromatic heterocycles. The van der Waals surface area contributed by atoms with E-state index in [1.165, 1.54) is 45.3 Å². The molecule has 2 rings (SSSR count). The molecule has 1 saturated carbocycles. The molecule has 1 aliphatic heterocycles. The zero-order valence-corrected chi connectivity index (χ0v) is 19.0. The van der Waals surface area contributed by atoms with Crippen molar-refractivity contribution in [3.05, 3.63) is 0 Å². The van der Waals surface area contributed by atoms with Gasteiger partial charge in [-0.3, -0.25) is 4.99 Å². The van der Waals surface area contributed by atoms with Gasteiger partial charge in [0.1, 0.15) is 0 Å². The van der Waals surface area contributed by atoms with Crippen LogP contribution in [0, 0.1) is 17.8 Å². The predicted molar refractivity (Wildman–Crippen MR) is 117 cm³/mol. The molecule has 6 heteroatoms. The highest BCUT2D eigenvalue weighted by Crippen LogP contribution is 2.28. The number of aliphatic imine (C=N–C) groups is 1. The second-order valence-electron chi connectivity index (χ2n) is 7.97. The number of piperidine rings is 1. The maximum atomic E-state index is 5.72. The van der Waals surface area contributed by atoms with E-state index in [0.29, 0.717) is 0 Å². The van der Waals surface area contributed by atoms with Gasteiger partial charge in [0.25, 0.3) is 0 Å². The van der Waals surface area contributed by atoms with Gasteiger partial charge < -0.3 is 19.9 Å². The quantitative estimate of drug-likeness (QED) is 0.246. The Morgan fingerprint density at radius 1 is 1.24 bits per heavy atom. The Kier molecular flexibility index (Phi) is 11.3. The van der Waals surface area contributed by atoms with Crippen LogP contribution in [0.2, 0.25) is 0 Å². The lowest BCUT2D eigenvalue weighted by Crippen LogP contribution is -2.43. The number of likely N-dealkylation sites (N-methyl/N-ethyl adjacent to an activating group) is 1. The second-order valence-corrected chi connectivity index (χ2v) is 7.97. The van der Waals surface area contributed by atoms with Gasteiger partial charge in [0.2, 0.25) is 0 Å². The Bertz CT molecular complexity index is 380. The predicted octanol–water partition coefficient (Wildman–Crippen LogP) is 2.91. The van der Waals surface area contributed by atoms with Crippen LogP contribution in [0.25, 0.3) is 0 Å². The molecule has 25 heavy (non-hydrogen) atoms. The minimum Gasteiger partial charge on any atom is -0.379 e. The average Bonchev–Trinajstić information content (AvgIpc) is 3.35. The van der Waals surface area contributed by atoms with E-state index in [4.69, 9.17) is 4.74 Å². The minimum absolute atomic E-state index is 0. The number of hydrogen-bond donors (Lipinski definition) is 1. The highest BCUT2D eigenvalue weighted by Gasteiger charge is 2.22. The summed E-state index contributed by atoms with van der Waals surface area (Å²) in [5.41, 5.74) is 0. The van der Waals surface area contributed by atoms with Crippen molar-refractivity contribution in [2.75, 3.05) is 60.0 Å². The summed E-state index contributed by atoms with van der Waals surface area (Å²) in [5, 5.41) is 3.49. The Labute approximate surface area is 172 Å². The topological polar surface area (TPSA) is 40.1 Å². The molecule has 1 saturated heterocycles. The van der Waals surface area contributed by atoms with Crippen molar-refractivity contribution in [1.82, 2.24) is 15.1 Å². The summed E-state index contributed by atoms with van der Waals surface area (Å²) in [7, 11) is 3.95. The van der Waals surface area contributed by atoms with Gasteiger partial charge >= 0.3 is 0 Å². The molecule has 0 aromatic carbocycles. The van der Waals surface area contributed by atoms with E-state index < -0.39 is 0 Å². The summed E-state index contributed by atoms with van der Waals surface area (Å²) in [4.78, 5) is 9.17. The summed E-state index contributed by atoms with van der Waals surface area (Å²) in [6.45, 7) is 12.1. The molecule has 1 heterocycles. The molecule has 0 spiro atoms. The third-order valence-corrected chi connectivity index (χ3v) is 5.07. The van der Waals surface area contributed by atoms with Crippen LogP contribution in [-0.4, -0.2) is 75.8 Å². The van der Waals surface area contributed by atoms with Gasteiger partial charge in [0, 0.05) is 46.9 Å². The number of nitrogens with zero attached hydrogens (tertiary/aromatic N) is 3. The lowest BCUT2D eigenvalue weighted by molar-refractivity contribution is 0.115. The highest BCUT2D eigenvalue weighted by atomic mass is 127. The van der Waals surface area contributed by atoms with Crippen LogP contribution in [-0.2, 0) is 4.74 Å². The number of likely N-dealkylation sites (tertiary alicyclic amines) is 1. The Morgan fingerprint density at radius 2 is 1.92 bits per heavy atom. The van der Waals surface area contributed by atoms with Crippen molar-refractivity contribution in [2.24, 2.45) is 22.7 Å². The zero-order valence-electron chi connectivity index (χ0n) is 16.7. The highest BCUT2D eigenvalue weighted by molar-refractivity contribution is 14.0. The molecule has 1 N–H and O–H groups in total. The van der Waals surface area contributed by atoms with Crippen molar-refractivity contribution in [1.29, 1.82) is 0 Å². The molecular formula is C19H39IN4O. The van der Waals surface area contributed by atoms with Crippen LogP contribution in [0.15, 0.2) is 4.99 Å². The molecule has 5 nitrogen and oxygen atoms in total. The van der Waals surface area contributed by atoms with Gasteiger partial charge in [0.05, 0.1) is 6.61 Å². The molecule has 2 aliphatic rings. The first-order valence-electron chi connectivity index (χ1n) is 9.80. The summed E-state index contributed by atoms with van der Waals surface area (Å²) in [6.07, 6.45) is 5.26. The molecular weight excluding hydrogens is 427 g/mol. The standard InChI is InChI=1S/C19H38N4O.HI/c1-16-12-17(2)14-23(13-16)9-5-8-21-19(20-3)22(4)10-11-24-15-18-6-7-18;/h16-18H,5-15H2,1-4H3,(H,20,21);1H. The van der Waals surface area contributed by atoms with Crippen LogP contribution < -0.4 is 5.32 Å². The lowest BCUT2D eigenvalue weighted by atomic mass is 9.92. The van der Waals surface area contributed by atoms with E-state index in [1.807, 2.05) is 7.05 Å². The van der Waals surface area contributed by atoms with Gasteiger partial charge in [-0.15, -0.1) is 24.0 Å². The fourth-order valence-electron chi connectivity index (χ4n) is 3.70. The smallest absolute Gasteiger partial charge is 0.193 e. The number of guanidine groups is 1. The fraction of sp³-hybridized carbons (Fsp3) is 0.947. The molecule has 0 radical (unpaired) electrons. The maximum Gasteiger partial charge on any atom is 0.193 e. The van der Waals surface area contributed by atoms with Crippen LogP contribution in [0.5, 0.6) is 0 Å². The van der Waals surface area contributed by atoms with Crippen LogP contribution in [0.4, 0.5) is 0 Å². The summed E-state index contributed by atoms with van der Waals surface area (Å²) in [5.74, 6) is 3.51. The minimum atomic E-state index is 0. The maximum absolute atomic E-state index is 5.72. The number of hydrogen-bond acceptors (Lipinski definition) is 3. The van der Waals surface area contributed by atoms with Gasteiger partial charge in [-0.25, -0.2) is 0 Å². The molecule has 1 aliphatic carbocycles. The summed E-state index contributed by atoms with van der Waals surface area (Å²) < 4.78 is 5.72. The van der Waals surface area contributed by atoms with E-state index in [-0.39, 0.29) is 24.0 Å². The van der Waals surface area contributed by atoms with E-state index in [0.717, 1.165) is 50.0 Å². The third kappa shape index (κ3) is 9.43. The number of rotatable bonds is 9. The van der Waals surface area contributed by atoms with Gasteiger partial charge in [-0.1, -0.05) is 13.8 Å². The van der Waals surface area contributed by atoms with Gasteiger partial charge in [0.15, 0.2) is 5.96 Å². The Hall–Kier alpha value is -0.0800. The van der Waals surface area contributed by atoms with E-state index in [2.05, 4.69) is 41.0 Å². The van der Waals surface area contributed by atoms with E-state index in [1.54, 1.807) is 0 Å². The molecule has 0 bridgehead atoms. The Balaban J connectivity index is 0.00000312. The summed E-state index contributed by atoms with van der Waals surface area (Å²) in [6, 6.07) is 0. The van der Waals surface area contributed by atoms with Crippen LogP contribution in [0.1, 0.15) is 39.5 Å². The van der Waals surface area contributed by atoms with Crippen LogP contribution in [0.3, 0.4) is 0 Å². The SMILES string of the molecule is CN=C(NCCCN1CC(C)CC(C)C1)N(C)CCOCC1CC1.I. The van der Waals surface area contributed by atoms with Crippen LogP contribution >= 0.6 is 24.0 Å². The molecule has 2 atom stereocenters.